The number of Topliss-reactive ketones (excluding diaryl/α,β-unsaturated/α-hetero) is 5. The van der Waals surface area contributed by atoms with Gasteiger partial charge in [0.25, 0.3) is 0 Å². The summed E-state index contributed by atoms with van der Waals surface area (Å²) in [6, 6.07) is 0.0653. The van der Waals surface area contributed by atoms with Crippen molar-refractivity contribution < 1.29 is 123 Å². The van der Waals surface area contributed by atoms with Gasteiger partial charge in [0.2, 0.25) is 11.6 Å². The Hall–Kier alpha value is -2.91. The van der Waals surface area contributed by atoms with Crippen LogP contribution in [0.1, 0.15) is 149 Å². The molecule has 0 bridgehead atoms. The molecule has 2 aromatic heterocycles. The van der Waals surface area contributed by atoms with Crippen LogP contribution in [0.5, 0.6) is 0 Å². The minimum atomic E-state index is -1.60. The molecule has 4 saturated carbocycles. The van der Waals surface area contributed by atoms with E-state index < -0.39 is 106 Å². The summed E-state index contributed by atoms with van der Waals surface area (Å²) < 4.78 is 66.8. The third-order valence-electron chi connectivity index (χ3n) is 13.7. The Labute approximate surface area is 460 Å². The van der Waals surface area contributed by atoms with Crippen LogP contribution in [0.2, 0.25) is 0 Å². The van der Waals surface area contributed by atoms with Gasteiger partial charge in [-0.1, -0.05) is 25.7 Å². The second-order valence-corrected chi connectivity index (χ2v) is 21.5. The summed E-state index contributed by atoms with van der Waals surface area (Å²) in [6.07, 6.45) is -0.0959. The third-order valence-corrected chi connectivity index (χ3v) is 13.7. The maximum absolute atomic E-state index is 15.3. The number of alkyl halides is 4. The van der Waals surface area contributed by atoms with Crippen LogP contribution >= 0.6 is 0 Å². The number of aliphatic hydroxyl groups is 1. The van der Waals surface area contributed by atoms with Crippen molar-refractivity contribution in [1.82, 2.24) is 35.5 Å². The fraction of sp³-hybridized carbons (Fsp3) is 0.735. The van der Waals surface area contributed by atoms with Crippen molar-refractivity contribution in [3.63, 3.8) is 0 Å². The van der Waals surface area contributed by atoms with Gasteiger partial charge in [-0.25, -0.2) is 27.2 Å². The monoisotopic (exact) mass is 1450 g/mol. The molecule has 4 aliphatic carbocycles. The second-order valence-electron chi connectivity index (χ2n) is 21.5. The summed E-state index contributed by atoms with van der Waals surface area (Å²) in [4.78, 5) is 89.9. The minimum Gasteiger partial charge on any atom is -0.444 e. The molecule has 22 heteroatoms. The van der Waals surface area contributed by atoms with Gasteiger partial charge < -0.3 is 25.8 Å². The van der Waals surface area contributed by atoms with Gasteiger partial charge in [0.15, 0.2) is 17.3 Å². The first-order valence-corrected chi connectivity index (χ1v) is 24.2. The first kappa shape index (κ1) is 62.4. The molecule has 0 spiro atoms. The van der Waals surface area contributed by atoms with E-state index in [1.165, 1.54) is 9.36 Å². The van der Waals surface area contributed by atoms with E-state index in [4.69, 9.17) is 4.74 Å². The summed E-state index contributed by atoms with van der Waals surface area (Å²) >= 11 is 0. The number of aliphatic hydroxyl groups excluding tert-OH is 1. The fourth-order valence-electron chi connectivity index (χ4n) is 10.2. The van der Waals surface area contributed by atoms with Gasteiger partial charge in [0, 0.05) is 131 Å². The molecule has 16 nitrogen and oxygen atoms in total. The van der Waals surface area contributed by atoms with E-state index in [0.717, 1.165) is 0 Å². The number of amides is 3. The number of rotatable bonds is 21. The molecule has 6 rings (SSSR count). The Bertz CT molecular complexity index is 2180. The summed E-state index contributed by atoms with van der Waals surface area (Å²) in [5.41, 5.74) is -5.89. The molecular formula is C49H71F4N7O9U2. The van der Waals surface area contributed by atoms with Gasteiger partial charge in [-0.2, -0.15) is 10.2 Å². The van der Waals surface area contributed by atoms with Crippen LogP contribution in [-0.4, -0.2) is 119 Å². The Kier molecular flexibility index (Phi) is 22.9. The van der Waals surface area contributed by atoms with E-state index in [9.17, 15) is 47.4 Å². The summed E-state index contributed by atoms with van der Waals surface area (Å²) in [5, 5.41) is 26.8. The van der Waals surface area contributed by atoms with E-state index in [-0.39, 0.29) is 139 Å². The molecule has 4 N–H and O–H groups in total. The topological polar surface area (TPSA) is 221 Å². The van der Waals surface area contributed by atoms with E-state index in [1.54, 1.807) is 73.2 Å². The van der Waals surface area contributed by atoms with Crippen LogP contribution < -0.4 is 16.0 Å². The van der Waals surface area contributed by atoms with Gasteiger partial charge in [-0.05, 0) is 98.1 Å². The third kappa shape index (κ3) is 17.9. The smallest absolute Gasteiger partial charge is 0.408 e. The molecule has 3 atom stereocenters. The van der Waals surface area contributed by atoms with Gasteiger partial charge in [-0.15, -0.1) is 0 Å². The van der Waals surface area contributed by atoms with Gasteiger partial charge in [0.1, 0.15) is 35.4 Å². The number of carbonyl (C=O) groups excluding carboxylic acids is 7. The van der Waals surface area contributed by atoms with Crippen LogP contribution in [0.25, 0.3) is 0 Å². The number of aromatic nitrogens is 4. The molecule has 71 heavy (non-hydrogen) atoms. The number of nitrogens with one attached hydrogen (secondary N) is 3. The molecule has 2 heterocycles. The van der Waals surface area contributed by atoms with E-state index in [2.05, 4.69) is 26.1 Å². The normalized spacial score (nSPS) is 24.2. The van der Waals surface area contributed by atoms with Crippen LogP contribution in [0.3, 0.4) is 0 Å². The molecule has 4 aliphatic rings. The molecule has 392 valence electrons. The van der Waals surface area contributed by atoms with Crippen molar-refractivity contribution in [1.29, 1.82) is 0 Å². The molecule has 2 aromatic rings. The number of alkyl carbamates (subject to hydrolysis) is 1. The number of hydrogen-bond acceptors (Lipinski definition) is 11. The first-order valence-electron chi connectivity index (χ1n) is 24.2. The SMILES string of the molecule is CC(C)NC(=O)N[C@@H](CC1(F)CCCC1)C(=O)CC1(C(=O)C(=O)Cc2ccn(C)n2)CC(F)C1.Cn1ccc(CC(=O)C(O)C2(CC(=O)[C@H](CC3(F)CCCC3)NC(=O)OC(C)(C)C)CC(F)C2)n1.[U].[U]. The van der Waals surface area contributed by atoms with E-state index in [1.807, 2.05) is 0 Å². The molecule has 3 amide bonds. The zero-order valence-corrected chi connectivity index (χ0v) is 50.3. The van der Waals surface area contributed by atoms with Gasteiger partial charge in [-0.3, -0.25) is 33.3 Å². The van der Waals surface area contributed by atoms with E-state index in [0.29, 0.717) is 49.9 Å². The zero-order valence-electron chi connectivity index (χ0n) is 42.0. The number of urea groups is 1. The predicted octanol–water partition coefficient (Wildman–Crippen LogP) is 6.46. The predicted molar refractivity (Wildman–Crippen MR) is 245 cm³/mol. The number of nitrogens with zero attached hydrogens (tertiary/aromatic N) is 4. The zero-order chi connectivity index (χ0) is 51.1. The minimum absolute atomic E-state index is 0. The molecule has 0 radical (unpaired) electrons. The number of hydrogen-bond donors (Lipinski definition) is 4. The molecule has 1 unspecified atom stereocenters. The molecule has 0 saturated heterocycles. The molecule has 4 fully saturated rings. The van der Waals surface area contributed by atoms with Gasteiger partial charge >= 0.3 is 12.1 Å². The summed E-state index contributed by atoms with van der Waals surface area (Å²) in [6.45, 7) is 8.52. The van der Waals surface area contributed by atoms with Crippen molar-refractivity contribution in [3.05, 3.63) is 35.9 Å². The molecule has 0 aromatic carbocycles. The Morgan fingerprint density at radius 3 is 1.59 bits per heavy atom. The maximum atomic E-state index is 15.3. The quantitative estimate of drug-likeness (QED) is 0.0785. The molecular weight excluding hydrogens is 1380 g/mol. The number of halogens is 4. The number of carbonyl (C=O) groups is 7. The second kappa shape index (κ2) is 26.0. The molecule has 0 aliphatic heterocycles. The standard InChI is InChI=1S/C25H37F2N3O5.C24H34F2N4O4.2U/c1-23(2,3)35-22(34)28-18(14-25(27)8-5-6-9-25)20(32)15-24(12-16(26)13-24)21(33)19(31)11-17-7-10-30(4)29-17;1-15(2)27-22(34)28-18(13-24(26)7-4-5-8-24)20(32)14-23(11-16(25)12-23)21(33)19(31)10-17-6-9-30(3)29-17;;/h7,10,16,18,21,33H,5-6,8-9,11-15H2,1-4H3,(H,28,34);6,9,15-16,18H,4-5,7-8,10-14H2,1-3H3,(H2,27,28,34);;/t16?,18-,21?,24?;16?,18-,23?;;/m00../s1. The number of ketones is 5. The van der Waals surface area contributed by atoms with Crippen LogP contribution in [-0.2, 0) is 55.6 Å². The number of ether oxygens (including phenoxy) is 1. The average Bonchev–Trinajstić information content (AvgIpc) is 4.04. The van der Waals surface area contributed by atoms with Crippen molar-refractivity contribution in [2.75, 3.05) is 0 Å². The number of aryl methyl sites for hydroxylation is 2. The first-order chi connectivity index (χ1) is 32.1. The average molecular weight is 1450 g/mol. The Morgan fingerprint density at radius 2 is 1.17 bits per heavy atom. The van der Waals surface area contributed by atoms with Crippen molar-refractivity contribution in [2.24, 2.45) is 24.9 Å². The van der Waals surface area contributed by atoms with E-state index >= 15 is 8.78 Å². The fourth-order valence-corrected chi connectivity index (χ4v) is 10.2. The summed E-state index contributed by atoms with van der Waals surface area (Å²) in [5.74, 6) is -3.21. The van der Waals surface area contributed by atoms with Crippen LogP contribution in [0, 0.1) is 73.1 Å². The van der Waals surface area contributed by atoms with Crippen molar-refractivity contribution >= 4 is 41.0 Å². The van der Waals surface area contributed by atoms with Crippen molar-refractivity contribution in [2.45, 2.75) is 204 Å². The largest absolute Gasteiger partial charge is 0.444 e. The Balaban J connectivity index is 0.000000365. The Morgan fingerprint density at radius 1 is 0.718 bits per heavy atom. The van der Waals surface area contributed by atoms with Crippen LogP contribution in [0.4, 0.5) is 27.2 Å². The summed E-state index contributed by atoms with van der Waals surface area (Å²) in [7, 11) is 3.38. The maximum Gasteiger partial charge on any atom is 0.408 e. The van der Waals surface area contributed by atoms with Gasteiger partial charge in [0.05, 0.1) is 36.3 Å². The van der Waals surface area contributed by atoms with Crippen LogP contribution in [0.15, 0.2) is 24.5 Å². The van der Waals surface area contributed by atoms with Crippen molar-refractivity contribution in [3.8, 4) is 0 Å².